The minimum Gasteiger partial charge on any atom is -1.00 e. The van der Waals surface area contributed by atoms with Gasteiger partial charge in [-0.05, 0) is 31.2 Å². The van der Waals surface area contributed by atoms with Gasteiger partial charge in [0.2, 0.25) is 0 Å². The van der Waals surface area contributed by atoms with Crippen molar-refractivity contribution in [1.82, 2.24) is 0 Å². The van der Waals surface area contributed by atoms with Crippen LogP contribution in [0, 0.1) is 6.92 Å². The van der Waals surface area contributed by atoms with Crippen LogP contribution in [0.4, 0.5) is 11.4 Å². The lowest BCUT2D eigenvalue weighted by Gasteiger charge is -2.08. The molecule has 106 valence electrons. The van der Waals surface area contributed by atoms with Crippen molar-refractivity contribution in [3.63, 3.8) is 0 Å². The summed E-state index contributed by atoms with van der Waals surface area (Å²) < 4.78 is 0. The maximum atomic E-state index is 12.0. The average Bonchev–Trinajstić information content (AvgIpc) is 2.40. The summed E-state index contributed by atoms with van der Waals surface area (Å²) in [6.45, 7) is 2.00. The number of hydrogen-bond donors (Lipinski definition) is 2. The average molecular weight is 291 g/mol. The molecule has 2 aromatic rings. The highest BCUT2D eigenvalue weighted by Gasteiger charge is 2.06. The van der Waals surface area contributed by atoms with Gasteiger partial charge < -0.3 is 22.6 Å². The van der Waals surface area contributed by atoms with Crippen LogP contribution in [0.15, 0.2) is 48.5 Å². The monoisotopic (exact) mass is 290 g/mol. The van der Waals surface area contributed by atoms with Crippen molar-refractivity contribution in [3.05, 3.63) is 59.7 Å². The Morgan fingerprint density at radius 2 is 1.50 bits per heavy atom. The zero-order chi connectivity index (χ0) is 13.8. The van der Waals surface area contributed by atoms with E-state index in [2.05, 4.69) is 19.4 Å². The molecule has 4 heteroatoms. The quantitative estimate of drug-likeness (QED) is 0.749. The first kappa shape index (κ1) is 16.2. The minimum absolute atomic E-state index is 0. The molecule has 0 saturated carbocycles. The van der Waals surface area contributed by atoms with Crippen molar-refractivity contribution in [1.29, 1.82) is 0 Å². The van der Waals surface area contributed by atoms with E-state index in [1.807, 2.05) is 55.5 Å². The van der Waals surface area contributed by atoms with Crippen LogP contribution >= 0.6 is 0 Å². The SMILES string of the molecule is Cc1ccc(C(=O)Nc2ccc([NH+](C)C)cc2)cc1.[Cl-]. The zero-order valence-electron chi connectivity index (χ0n) is 11.9. The Kier molecular flexibility index (Phi) is 5.74. The summed E-state index contributed by atoms with van der Waals surface area (Å²) in [5, 5.41) is 2.90. The van der Waals surface area contributed by atoms with Gasteiger partial charge >= 0.3 is 0 Å². The Morgan fingerprint density at radius 1 is 0.950 bits per heavy atom. The number of nitrogens with one attached hydrogen (secondary N) is 2. The first-order valence-electron chi connectivity index (χ1n) is 6.35. The third-order valence-corrected chi connectivity index (χ3v) is 3.03. The molecular weight excluding hydrogens is 272 g/mol. The fourth-order valence-corrected chi connectivity index (χ4v) is 1.80. The maximum absolute atomic E-state index is 12.0. The number of hydrogen-bond acceptors (Lipinski definition) is 1. The molecule has 0 bridgehead atoms. The third-order valence-electron chi connectivity index (χ3n) is 3.03. The molecule has 0 radical (unpaired) electrons. The number of rotatable bonds is 3. The third kappa shape index (κ3) is 4.08. The molecule has 20 heavy (non-hydrogen) atoms. The minimum atomic E-state index is -0.0787. The molecule has 0 aromatic heterocycles. The lowest BCUT2D eigenvalue weighted by atomic mass is 10.1. The van der Waals surface area contributed by atoms with Crippen molar-refractivity contribution >= 4 is 17.3 Å². The molecule has 2 aromatic carbocycles. The van der Waals surface area contributed by atoms with E-state index < -0.39 is 0 Å². The summed E-state index contributed by atoms with van der Waals surface area (Å²) in [6, 6.07) is 15.4. The van der Waals surface area contributed by atoms with Crippen LogP contribution in [-0.2, 0) is 0 Å². The summed E-state index contributed by atoms with van der Waals surface area (Å²) in [5.41, 5.74) is 3.83. The standard InChI is InChI=1S/C16H18N2O.ClH/c1-12-4-6-13(7-5-12)16(19)17-14-8-10-15(11-9-14)18(2)3;/h4-11H,1-3H3,(H,17,19);1H. The molecule has 0 spiro atoms. The van der Waals surface area contributed by atoms with Gasteiger partial charge in [-0.15, -0.1) is 0 Å². The van der Waals surface area contributed by atoms with E-state index in [-0.39, 0.29) is 18.3 Å². The van der Waals surface area contributed by atoms with Crippen LogP contribution in [-0.4, -0.2) is 20.0 Å². The fourth-order valence-electron chi connectivity index (χ4n) is 1.80. The lowest BCUT2D eigenvalue weighted by molar-refractivity contribution is -0.786. The second-order valence-corrected chi connectivity index (χ2v) is 4.90. The van der Waals surface area contributed by atoms with Crippen molar-refractivity contribution < 1.29 is 22.1 Å². The Bertz CT molecular complexity index is 562. The van der Waals surface area contributed by atoms with E-state index in [0.717, 1.165) is 11.3 Å². The molecule has 0 saturated heterocycles. The van der Waals surface area contributed by atoms with Crippen LogP contribution in [0.5, 0.6) is 0 Å². The Hall–Kier alpha value is -1.84. The molecular formula is C16H19ClN2O. The molecule has 0 atom stereocenters. The number of amides is 1. The molecule has 0 unspecified atom stereocenters. The molecule has 0 aliphatic heterocycles. The number of anilines is 1. The van der Waals surface area contributed by atoms with E-state index in [1.165, 1.54) is 10.6 Å². The number of carbonyl (C=O) groups excluding carboxylic acids is 1. The van der Waals surface area contributed by atoms with Crippen LogP contribution in [0.2, 0.25) is 0 Å². The van der Waals surface area contributed by atoms with Gasteiger partial charge in [0.15, 0.2) is 0 Å². The second kappa shape index (κ2) is 7.08. The van der Waals surface area contributed by atoms with E-state index in [1.54, 1.807) is 0 Å². The van der Waals surface area contributed by atoms with E-state index in [9.17, 15) is 4.79 Å². The molecule has 3 nitrogen and oxygen atoms in total. The maximum Gasteiger partial charge on any atom is 0.255 e. The van der Waals surface area contributed by atoms with Gasteiger partial charge in [-0.2, -0.15) is 0 Å². The number of halogens is 1. The van der Waals surface area contributed by atoms with Crippen LogP contribution in [0.3, 0.4) is 0 Å². The fraction of sp³-hybridized carbons (Fsp3) is 0.188. The smallest absolute Gasteiger partial charge is 0.255 e. The lowest BCUT2D eigenvalue weighted by Crippen LogP contribution is -3.00. The Balaban J connectivity index is 0.00000200. The van der Waals surface area contributed by atoms with Crippen molar-refractivity contribution in [3.8, 4) is 0 Å². The Morgan fingerprint density at radius 3 is 2.00 bits per heavy atom. The largest absolute Gasteiger partial charge is 1.00 e. The molecule has 0 fully saturated rings. The summed E-state index contributed by atoms with van der Waals surface area (Å²) in [6.07, 6.45) is 0. The first-order valence-corrected chi connectivity index (χ1v) is 6.35. The van der Waals surface area contributed by atoms with Crippen LogP contribution < -0.4 is 22.6 Å². The van der Waals surface area contributed by atoms with Gasteiger partial charge in [0.05, 0.1) is 14.1 Å². The highest BCUT2D eigenvalue weighted by atomic mass is 35.5. The highest BCUT2D eigenvalue weighted by Crippen LogP contribution is 2.12. The van der Waals surface area contributed by atoms with Crippen molar-refractivity contribution in [2.24, 2.45) is 0 Å². The van der Waals surface area contributed by atoms with Crippen molar-refractivity contribution in [2.75, 3.05) is 19.4 Å². The normalized spacial score (nSPS) is 10.0. The Labute approximate surface area is 126 Å². The molecule has 1 amide bonds. The molecule has 0 aliphatic carbocycles. The predicted octanol–water partition coefficient (Wildman–Crippen LogP) is -0.973. The van der Waals surface area contributed by atoms with Gasteiger partial charge in [-0.1, -0.05) is 17.7 Å². The van der Waals surface area contributed by atoms with Crippen LogP contribution in [0.25, 0.3) is 0 Å². The topological polar surface area (TPSA) is 33.5 Å². The highest BCUT2D eigenvalue weighted by molar-refractivity contribution is 6.04. The van der Waals surface area contributed by atoms with Crippen molar-refractivity contribution in [2.45, 2.75) is 6.92 Å². The summed E-state index contributed by atoms with van der Waals surface area (Å²) in [4.78, 5) is 13.3. The van der Waals surface area contributed by atoms with E-state index in [4.69, 9.17) is 0 Å². The van der Waals surface area contributed by atoms with E-state index >= 15 is 0 Å². The second-order valence-electron chi connectivity index (χ2n) is 4.90. The molecule has 2 rings (SSSR count). The summed E-state index contributed by atoms with van der Waals surface area (Å²) in [5.74, 6) is -0.0787. The number of carbonyl (C=O) groups is 1. The van der Waals surface area contributed by atoms with Gasteiger partial charge in [0.1, 0.15) is 5.69 Å². The van der Waals surface area contributed by atoms with Gasteiger partial charge in [0.25, 0.3) is 5.91 Å². The van der Waals surface area contributed by atoms with Gasteiger partial charge in [-0.25, -0.2) is 0 Å². The number of quaternary nitrogens is 1. The summed E-state index contributed by atoms with van der Waals surface area (Å²) in [7, 11) is 4.14. The first-order chi connectivity index (χ1) is 9.06. The molecule has 0 aliphatic rings. The number of benzene rings is 2. The molecule has 2 N–H and O–H groups in total. The van der Waals surface area contributed by atoms with Gasteiger partial charge in [0, 0.05) is 23.4 Å². The zero-order valence-corrected chi connectivity index (χ0v) is 12.7. The summed E-state index contributed by atoms with van der Waals surface area (Å²) >= 11 is 0. The van der Waals surface area contributed by atoms with Gasteiger partial charge in [-0.3, -0.25) is 4.79 Å². The van der Waals surface area contributed by atoms with E-state index in [0.29, 0.717) is 5.56 Å². The molecule has 0 heterocycles. The predicted molar refractivity (Wildman–Crippen MR) is 78.0 cm³/mol. The van der Waals surface area contributed by atoms with Crippen LogP contribution in [0.1, 0.15) is 15.9 Å². The number of aryl methyl sites for hydroxylation is 1.